The molecule has 0 rings (SSSR count). The Balaban J connectivity index is 4.18. The lowest BCUT2D eigenvalue weighted by Gasteiger charge is -2.19. The summed E-state index contributed by atoms with van der Waals surface area (Å²) in [7, 11) is 3.79. The van der Waals surface area contributed by atoms with Gasteiger partial charge in [-0.1, -0.05) is 130 Å². The number of carbonyl (C=O) groups excluding carboxylic acids is 2. The predicted molar refractivity (Wildman–Crippen MR) is 273 cm³/mol. The lowest BCUT2D eigenvalue weighted by Crippen LogP contribution is -2.34. The van der Waals surface area contributed by atoms with E-state index in [1.54, 1.807) is 0 Å². The third-order valence-electron chi connectivity index (χ3n) is 11.3. The van der Waals surface area contributed by atoms with E-state index < -0.39 is 0 Å². The average Bonchev–Trinajstić information content (AvgIpc) is 3.24. The summed E-state index contributed by atoms with van der Waals surface area (Å²) >= 11 is 0. The molecule has 0 radical (unpaired) electrons. The second-order valence-corrected chi connectivity index (χ2v) is 20.8. The van der Waals surface area contributed by atoms with E-state index in [9.17, 15) is 9.59 Å². The highest BCUT2D eigenvalue weighted by atomic mass is 33.1. The molecule has 0 fully saturated rings. The first-order chi connectivity index (χ1) is 30.6. The van der Waals surface area contributed by atoms with Gasteiger partial charge in [0.1, 0.15) is 0 Å². The molecule has 0 spiro atoms. The number of nitrogens with zero attached hydrogens (tertiary/aromatic N) is 1. The fourth-order valence-corrected chi connectivity index (χ4v) is 8.79. The summed E-state index contributed by atoms with van der Waals surface area (Å²) in [6, 6.07) is 0. The zero-order valence-electron chi connectivity index (χ0n) is 42.3. The van der Waals surface area contributed by atoms with Crippen molar-refractivity contribution in [2.45, 2.75) is 196 Å². The lowest BCUT2D eigenvalue weighted by atomic mass is 10.0. The maximum Gasteiger partial charge on any atom is 0.305 e. The second kappa shape index (κ2) is 47.4. The number of allylic oxidation sites excluding steroid dienone is 4. The van der Waals surface area contributed by atoms with Gasteiger partial charge in [-0.15, -0.1) is 0 Å². The monoisotopic (exact) mass is 929 g/mol. The Morgan fingerprint density at radius 1 is 0.571 bits per heavy atom. The van der Waals surface area contributed by atoms with Crippen molar-refractivity contribution in [1.82, 2.24) is 10.2 Å². The number of rotatable bonds is 48. The summed E-state index contributed by atoms with van der Waals surface area (Å²) < 4.78 is 29.3. The maximum absolute atomic E-state index is 12.2. The van der Waals surface area contributed by atoms with Crippen LogP contribution in [-0.2, 0) is 33.3 Å². The summed E-state index contributed by atoms with van der Waals surface area (Å²) in [4.78, 5) is 26.7. The number of esters is 2. The molecule has 0 aliphatic rings. The van der Waals surface area contributed by atoms with Crippen molar-refractivity contribution in [2.24, 2.45) is 11.8 Å². The molecule has 3 atom stereocenters. The molecule has 0 aliphatic heterocycles. The maximum atomic E-state index is 12.2. The van der Waals surface area contributed by atoms with Crippen LogP contribution in [0.1, 0.15) is 190 Å². The molecule has 372 valence electrons. The van der Waals surface area contributed by atoms with Gasteiger partial charge in [0.25, 0.3) is 0 Å². The summed E-state index contributed by atoms with van der Waals surface area (Å²) in [5, 5.41) is 3.61. The van der Waals surface area contributed by atoms with Crippen LogP contribution in [0.4, 0.5) is 0 Å². The van der Waals surface area contributed by atoms with Crippen molar-refractivity contribution in [2.75, 3.05) is 90.5 Å². The van der Waals surface area contributed by atoms with Crippen LogP contribution in [0.15, 0.2) is 23.3 Å². The van der Waals surface area contributed by atoms with Gasteiger partial charge in [0.05, 0.1) is 39.1 Å². The molecule has 11 heteroatoms. The third-order valence-corrected chi connectivity index (χ3v) is 13.7. The van der Waals surface area contributed by atoms with Crippen molar-refractivity contribution in [3.05, 3.63) is 23.3 Å². The van der Waals surface area contributed by atoms with Gasteiger partial charge in [0.15, 0.2) is 0 Å². The molecule has 0 aromatic rings. The molecule has 63 heavy (non-hydrogen) atoms. The van der Waals surface area contributed by atoms with Crippen molar-refractivity contribution in [1.29, 1.82) is 0 Å². The highest BCUT2D eigenvalue weighted by molar-refractivity contribution is 8.76. The summed E-state index contributed by atoms with van der Waals surface area (Å²) in [6.45, 7) is 27.2. The third kappa shape index (κ3) is 47.2. The van der Waals surface area contributed by atoms with Crippen LogP contribution >= 0.6 is 21.6 Å². The first kappa shape index (κ1) is 61.9. The minimum Gasteiger partial charge on any atom is -0.466 e. The van der Waals surface area contributed by atoms with Crippen molar-refractivity contribution >= 4 is 33.5 Å². The topological polar surface area (TPSA) is 95.6 Å². The molecule has 0 aliphatic carbocycles. The summed E-state index contributed by atoms with van der Waals surface area (Å²) in [5.74, 6) is 3.14. The van der Waals surface area contributed by atoms with Crippen LogP contribution < -0.4 is 5.32 Å². The van der Waals surface area contributed by atoms with E-state index in [1.165, 1.54) is 43.3 Å². The van der Waals surface area contributed by atoms with Gasteiger partial charge in [-0.3, -0.25) is 9.59 Å². The SMILES string of the molecule is CCN(CC)CCOCCSSCCNCC(COCCCCCCCCCC(=O)OCCC(C)CCC=C(C)C)OCCCCCCCCC(=O)OCCC(C)CCC=C(C)C. The van der Waals surface area contributed by atoms with Gasteiger partial charge >= 0.3 is 11.9 Å². The fourth-order valence-electron chi connectivity index (χ4n) is 6.98. The van der Waals surface area contributed by atoms with Crippen LogP contribution in [0.5, 0.6) is 0 Å². The van der Waals surface area contributed by atoms with E-state index in [4.69, 9.17) is 23.7 Å². The molecule has 0 heterocycles. The molecular weight excluding hydrogens is 829 g/mol. The number of ether oxygens (including phenoxy) is 5. The highest BCUT2D eigenvalue weighted by Crippen LogP contribution is 2.20. The molecule has 0 amide bonds. The van der Waals surface area contributed by atoms with Gasteiger partial charge in [-0.25, -0.2) is 0 Å². The van der Waals surface area contributed by atoms with Crippen molar-refractivity contribution < 1.29 is 33.3 Å². The van der Waals surface area contributed by atoms with Crippen LogP contribution in [-0.4, -0.2) is 113 Å². The number of likely N-dealkylation sites (N-methyl/N-ethyl adjacent to an activating group) is 1. The Morgan fingerprint density at radius 3 is 1.59 bits per heavy atom. The van der Waals surface area contributed by atoms with Crippen LogP contribution in [0.3, 0.4) is 0 Å². The van der Waals surface area contributed by atoms with Gasteiger partial charge in [-0.2, -0.15) is 0 Å². The first-order valence-corrected chi connectivity index (χ1v) is 28.1. The highest BCUT2D eigenvalue weighted by Gasteiger charge is 2.11. The lowest BCUT2D eigenvalue weighted by molar-refractivity contribution is -0.145. The van der Waals surface area contributed by atoms with Crippen LogP contribution in [0.2, 0.25) is 0 Å². The van der Waals surface area contributed by atoms with E-state index in [0.29, 0.717) is 44.5 Å². The smallest absolute Gasteiger partial charge is 0.305 e. The minimum atomic E-state index is -0.0461. The zero-order valence-corrected chi connectivity index (χ0v) is 43.9. The molecule has 0 bridgehead atoms. The van der Waals surface area contributed by atoms with Crippen LogP contribution in [0.25, 0.3) is 0 Å². The van der Waals surface area contributed by atoms with E-state index in [-0.39, 0.29) is 18.0 Å². The largest absolute Gasteiger partial charge is 0.466 e. The average molecular weight is 930 g/mol. The predicted octanol–water partition coefficient (Wildman–Crippen LogP) is 13.2. The molecule has 9 nitrogen and oxygen atoms in total. The number of carbonyl (C=O) groups is 2. The normalized spacial score (nSPS) is 12.9. The quantitative estimate of drug-likeness (QED) is 0.0273. The van der Waals surface area contributed by atoms with E-state index in [0.717, 1.165) is 161 Å². The Hall–Kier alpha value is -1.08. The number of hydrogen-bond acceptors (Lipinski definition) is 11. The zero-order chi connectivity index (χ0) is 46.4. The summed E-state index contributed by atoms with van der Waals surface area (Å²) in [6.07, 6.45) is 26.4. The van der Waals surface area contributed by atoms with Crippen molar-refractivity contribution in [3.63, 3.8) is 0 Å². The molecule has 1 N–H and O–H groups in total. The number of unbranched alkanes of at least 4 members (excludes halogenated alkanes) is 11. The van der Waals surface area contributed by atoms with Gasteiger partial charge in [0.2, 0.25) is 0 Å². The fraction of sp³-hybridized carbons (Fsp3) is 0.885. The molecule has 0 saturated carbocycles. The molecule has 0 aromatic heterocycles. The molecular formula is C52H100N2O7S2. The van der Waals surface area contributed by atoms with Gasteiger partial charge in [0, 0.05) is 57.2 Å². The molecule has 0 aromatic carbocycles. The first-order valence-electron chi connectivity index (χ1n) is 25.6. The van der Waals surface area contributed by atoms with Gasteiger partial charge in [-0.05, 0) is 117 Å². The molecule has 3 unspecified atom stereocenters. The van der Waals surface area contributed by atoms with Gasteiger partial charge < -0.3 is 33.9 Å². The van der Waals surface area contributed by atoms with E-state index >= 15 is 0 Å². The molecule has 0 saturated heterocycles. The van der Waals surface area contributed by atoms with Crippen molar-refractivity contribution in [3.8, 4) is 0 Å². The number of nitrogens with one attached hydrogen (secondary N) is 1. The number of hydrogen-bond donors (Lipinski definition) is 1. The standard InChI is InChI=1S/C52H100N2O7S2/c1-9-54(10-2)35-40-57-41-43-63-62-42-34-53-44-50(59-37-23-19-15-13-17-21-31-52(56)61-39-33-49(8)29-25-27-47(5)6)45-58-36-22-18-14-11-12-16-20-30-51(55)60-38-32-48(7)28-24-26-46(3)4/h26-27,48-50,53H,9-25,28-45H2,1-8H3. The Bertz CT molecular complexity index is 1080. The Labute approximate surface area is 397 Å². The Kier molecular flexibility index (Phi) is 46.6. The summed E-state index contributed by atoms with van der Waals surface area (Å²) in [5.41, 5.74) is 2.74. The minimum absolute atomic E-state index is 0.0400. The van der Waals surface area contributed by atoms with E-state index in [2.05, 4.69) is 77.8 Å². The van der Waals surface area contributed by atoms with E-state index in [1.807, 2.05) is 21.6 Å². The van der Waals surface area contributed by atoms with Crippen LogP contribution in [0, 0.1) is 11.8 Å². The Morgan fingerprint density at radius 2 is 1.06 bits per heavy atom. The second-order valence-electron chi connectivity index (χ2n) is 18.1.